The van der Waals surface area contributed by atoms with E-state index in [1.807, 2.05) is 34.6 Å². The molecular formula is C35H48BFO7S. The van der Waals surface area contributed by atoms with Gasteiger partial charge in [-0.05, 0) is 76.7 Å². The third-order valence-corrected chi connectivity index (χ3v) is 13.7. The first kappa shape index (κ1) is 34.3. The van der Waals surface area contributed by atoms with Crippen LogP contribution in [-0.2, 0) is 23.6 Å². The van der Waals surface area contributed by atoms with Crippen molar-refractivity contribution in [3.63, 3.8) is 0 Å². The molecule has 4 aliphatic rings. The van der Waals surface area contributed by atoms with Crippen molar-refractivity contribution in [1.29, 1.82) is 0 Å². The highest BCUT2D eigenvalue weighted by Crippen LogP contribution is 2.68. The fraction of sp³-hybridized carbons (Fsp3) is 0.686. The number of carbonyl (C=O) groups excluding carboxylic acids is 3. The van der Waals surface area contributed by atoms with E-state index in [2.05, 4.69) is 27.4 Å². The summed E-state index contributed by atoms with van der Waals surface area (Å²) in [6, 6.07) is 2.98. The summed E-state index contributed by atoms with van der Waals surface area (Å²) in [5.41, 5.74) is -3.08. The lowest BCUT2D eigenvalue weighted by atomic mass is 9.44. The fourth-order valence-electron chi connectivity index (χ4n) is 8.83. The van der Waals surface area contributed by atoms with Gasteiger partial charge >= 0.3 is 13.1 Å². The second-order valence-corrected chi connectivity index (χ2v) is 16.5. The van der Waals surface area contributed by atoms with E-state index in [9.17, 15) is 19.5 Å². The first-order chi connectivity index (χ1) is 20.9. The lowest BCUT2D eigenvalue weighted by molar-refractivity contribution is -0.205. The van der Waals surface area contributed by atoms with Gasteiger partial charge < -0.3 is 19.2 Å². The van der Waals surface area contributed by atoms with Gasteiger partial charge in [0, 0.05) is 39.1 Å². The largest absolute Gasteiger partial charge is 0.498 e. The van der Waals surface area contributed by atoms with E-state index in [0.717, 1.165) is 31.0 Å². The minimum absolute atomic E-state index is 0.00604. The zero-order valence-electron chi connectivity index (χ0n) is 27.9. The number of aliphatic hydroxyl groups is 1. The molecule has 0 radical (unpaired) electrons. The number of benzene rings is 1. The Morgan fingerprint density at radius 2 is 1.80 bits per heavy atom. The lowest BCUT2D eigenvalue weighted by Gasteiger charge is -2.61. The molecule has 0 aromatic heterocycles. The molecular weight excluding hydrogens is 594 g/mol. The number of ketones is 1. The maximum absolute atomic E-state index is 16.0. The topological polar surface area (TPSA) is 99.1 Å². The van der Waals surface area contributed by atoms with Crippen molar-refractivity contribution in [2.24, 2.45) is 34.0 Å². The van der Waals surface area contributed by atoms with E-state index < -0.39 is 53.1 Å². The van der Waals surface area contributed by atoms with Crippen LogP contribution in [0.2, 0.25) is 0 Å². The maximum Gasteiger partial charge on any atom is 0.498 e. The number of hydrogen-bond donors (Lipinski definition) is 1. The van der Waals surface area contributed by atoms with E-state index in [4.69, 9.17) is 14.0 Å². The van der Waals surface area contributed by atoms with Gasteiger partial charge in [0.25, 0.3) is 0 Å². The molecule has 7 nitrogen and oxygen atoms in total. The Bertz CT molecular complexity index is 1380. The van der Waals surface area contributed by atoms with Gasteiger partial charge in [-0.3, -0.25) is 14.4 Å². The third kappa shape index (κ3) is 5.26. The summed E-state index contributed by atoms with van der Waals surface area (Å²) in [7, 11) is -1.08. The second-order valence-electron chi connectivity index (χ2n) is 15.4. The molecule has 1 heterocycles. The molecule has 3 saturated carbocycles. The van der Waals surface area contributed by atoms with Crippen molar-refractivity contribution < 1.29 is 37.9 Å². The predicted molar refractivity (Wildman–Crippen MR) is 173 cm³/mol. The van der Waals surface area contributed by atoms with Gasteiger partial charge in [0.1, 0.15) is 24.0 Å². The van der Waals surface area contributed by atoms with Crippen molar-refractivity contribution >= 4 is 42.4 Å². The molecule has 0 spiro atoms. The first-order valence-electron chi connectivity index (χ1n) is 16.2. The number of esters is 1. The molecule has 5 rings (SSSR count). The number of thioether (sulfide) groups is 1. The smallest absolute Gasteiger partial charge is 0.461 e. The van der Waals surface area contributed by atoms with E-state index in [1.54, 1.807) is 6.08 Å². The molecule has 4 fully saturated rings. The van der Waals surface area contributed by atoms with Crippen LogP contribution in [0, 0.1) is 39.8 Å². The van der Waals surface area contributed by atoms with Crippen LogP contribution in [0.1, 0.15) is 97.9 Å². The average Bonchev–Trinajstić information content (AvgIpc) is 3.44. The highest BCUT2D eigenvalue weighted by atomic mass is 32.2. The van der Waals surface area contributed by atoms with Gasteiger partial charge in [-0.1, -0.05) is 39.8 Å². The number of rotatable bonds is 7. The van der Waals surface area contributed by atoms with E-state index >= 15 is 4.39 Å². The van der Waals surface area contributed by atoms with Crippen LogP contribution in [0.25, 0.3) is 0 Å². The number of Topliss-reactive ketones (excluding diaryl/α,β-unsaturated/α-hetero) is 1. The number of halogens is 1. The summed E-state index contributed by atoms with van der Waals surface area (Å²) in [6.07, 6.45) is 4.17. The van der Waals surface area contributed by atoms with Gasteiger partial charge in [-0.15, -0.1) is 18.3 Å². The third-order valence-electron chi connectivity index (χ3n) is 12.7. The number of ether oxygens (including phenoxy) is 1. The van der Waals surface area contributed by atoms with E-state index in [-0.39, 0.29) is 50.6 Å². The normalized spacial score (nSPS) is 38.7. The van der Waals surface area contributed by atoms with Gasteiger partial charge in [0.15, 0.2) is 0 Å². The molecule has 0 unspecified atom stereocenters. The number of aldehydes is 1. The zero-order chi connectivity index (χ0) is 33.3. The van der Waals surface area contributed by atoms with Crippen LogP contribution in [-0.4, -0.2) is 59.4 Å². The lowest BCUT2D eigenvalue weighted by Crippen LogP contribution is -2.63. The molecule has 1 aromatic rings. The summed E-state index contributed by atoms with van der Waals surface area (Å²) in [4.78, 5) is 39.3. The highest BCUT2D eigenvalue weighted by molar-refractivity contribution is 8.00. The summed E-state index contributed by atoms with van der Waals surface area (Å²) in [6.45, 7) is 19.7. The van der Waals surface area contributed by atoms with E-state index in [0.29, 0.717) is 19.1 Å². The Labute approximate surface area is 271 Å². The highest BCUT2D eigenvalue weighted by Gasteiger charge is 2.68. The Balaban J connectivity index is 1.42. The molecule has 0 amide bonds. The minimum atomic E-state index is -1.08. The van der Waals surface area contributed by atoms with Gasteiger partial charge in [-0.2, -0.15) is 0 Å². The van der Waals surface area contributed by atoms with Crippen LogP contribution in [0.3, 0.4) is 0 Å². The Hall–Kier alpha value is -2.01. The first-order valence-corrected chi connectivity index (χ1v) is 17.2. The Morgan fingerprint density at radius 3 is 2.40 bits per heavy atom. The van der Waals surface area contributed by atoms with Crippen molar-refractivity contribution in [2.45, 2.75) is 116 Å². The molecule has 1 aromatic carbocycles. The maximum atomic E-state index is 16.0. The molecule has 8 atom stereocenters. The van der Waals surface area contributed by atoms with Gasteiger partial charge in [0.2, 0.25) is 0 Å². The monoisotopic (exact) mass is 642 g/mol. The van der Waals surface area contributed by atoms with Crippen molar-refractivity contribution in [1.82, 2.24) is 0 Å². The SMILES string of the molecule is C=C[C@]1(C)C[C@@H](OC(=O)CSc2ccc(C=O)c(B3OC(C)(C)C(C)(C)O3)c2F)[C@@]2(C)[C@@H]3C(=O)CC[C@@]3(CC[C@@H]2C)[C@@H](C)[C@@H]1O. The van der Waals surface area contributed by atoms with Crippen LogP contribution in [0.15, 0.2) is 29.7 Å². The van der Waals surface area contributed by atoms with Gasteiger partial charge in [0.05, 0.1) is 23.1 Å². The summed E-state index contributed by atoms with van der Waals surface area (Å²) < 4.78 is 34.4. The zero-order valence-corrected chi connectivity index (χ0v) is 28.7. The number of hydrogen-bond acceptors (Lipinski definition) is 8. The number of carbonyl (C=O) groups is 3. The summed E-state index contributed by atoms with van der Waals surface area (Å²) >= 11 is 0.980. The standard InChI is InChI=1S/C35H48BFO7S/c1-10-33(8)17-25(34(9)20(2)13-15-35(21(3)30(33)41)16-14-23(39)29(34)35)42-26(40)19-45-24-12-11-22(18-38)27(28(24)37)36-43-31(4,5)32(6,7)44-36/h10-12,18,20-21,25,29-30,41H,1,13-17,19H2,2-9H3/t20-,21-,25+,29-,30-,33+,34-,35-/m0/s1. The average molecular weight is 643 g/mol. The van der Waals surface area contributed by atoms with Crippen molar-refractivity contribution in [3.05, 3.63) is 36.2 Å². The Morgan fingerprint density at radius 1 is 1.16 bits per heavy atom. The minimum Gasteiger partial charge on any atom is -0.461 e. The van der Waals surface area contributed by atoms with Crippen LogP contribution >= 0.6 is 11.8 Å². The molecule has 246 valence electrons. The number of aliphatic hydroxyl groups excluding tert-OH is 1. The fourth-order valence-corrected chi connectivity index (χ4v) is 9.58. The van der Waals surface area contributed by atoms with E-state index in [1.165, 1.54) is 12.1 Å². The Kier molecular flexibility index (Phi) is 8.85. The quantitative estimate of drug-likeness (QED) is 0.128. The van der Waals surface area contributed by atoms with Crippen LogP contribution < -0.4 is 5.46 Å². The van der Waals surface area contributed by atoms with Crippen LogP contribution in [0.4, 0.5) is 4.39 Å². The summed E-state index contributed by atoms with van der Waals surface area (Å²) in [5, 5.41) is 11.7. The predicted octanol–water partition coefficient (Wildman–Crippen LogP) is 5.94. The molecule has 45 heavy (non-hydrogen) atoms. The van der Waals surface area contributed by atoms with Crippen LogP contribution in [0.5, 0.6) is 0 Å². The van der Waals surface area contributed by atoms with Crippen molar-refractivity contribution in [3.8, 4) is 0 Å². The molecule has 1 aliphatic heterocycles. The molecule has 2 bridgehead atoms. The molecule has 3 aliphatic carbocycles. The summed E-state index contributed by atoms with van der Waals surface area (Å²) in [5.74, 6) is -1.54. The molecule has 1 N–H and O–H groups in total. The van der Waals surface area contributed by atoms with Gasteiger partial charge in [-0.25, -0.2) is 4.39 Å². The van der Waals surface area contributed by atoms with Crippen molar-refractivity contribution in [2.75, 3.05) is 5.75 Å². The molecule has 1 saturated heterocycles. The molecule has 10 heteroatoms. The second kappa shape index (κ2) is 11.6.